The number of nitrogens with zero attached hydrogens (tertiary/aromatic N) is 2. The Hall–Kier alpha value is -2.23. The molecule has 1 aromatic rings. The zero-order valence-electron chi connectivity index (χ0n) is 8.78. The van der Waals surface area contributed by atoms with Crippen LogP contribution < -0.4 is 0 Å². The quantitative estimate of drug-likeness (QED) is 0.816. The summed E-state index contributed by atoms with van der Waals surface area (Å²) in [4.78, 5) is 14.7. The van der Waals surface area contributed by atoms with E-state index in [1.54, 1.807) is 0 Å². The summed E-state index contributed by atoms with van der Waals surface area (Å²) in [6.45, 7) is 1.45. The molecule has 0 bridgehead atoms. The van der Waals surface area contributed by atoms with E-state index < -0.39 is 35.0 Å². The van der Waals surface area contributed by atoms with Crippen molar-refractivity contribution in [2.24, 2.45) is 0 Å². The molecule has 90 valence electrons. The number of alkyl halides is 2. The van der Waals surface area contributed by atoms with E-state index in [9.17, 15) is 18.7 Å². The fourth-order valence-electron chi connectivity index (χ4n) is 1.18. The van der Waals surface area contributed by atoms with Crippen molar-refractivity contribution in [1.82, 2.24) is 4.98 Å². The molecule has 0 aromatic carbocycles. The van der Waals surface area contributed by atoms with Crippen LogP contribution in [0.15, 0.2) is 6.20 Å². The van der Waals surface area contributed by atoms with E-state index >= 15 is 0 Å². The highest BCUT2D eigenvalue weighted by molar-refractivity contribution is 5.94. The Morgan fingerprint density at radius 3 is 2.82 bits per heavy atom. The number of aromatic nitrogens is 1. The topological polar surface area (TPSA) is 83.2 Å². The minimum absolute atomic E-state index is 0.0365. The van der Waals surface area contributed by atoms with E-state index in [4.69, 9.17) is 5.26 Å². The van der Waals surface area contributed by atoms with Crippen molar-refractivity contribution in [1.29, 1.82) is 5.26 Å². The fraction of sp³-hybridized carbons (Fsp3) is 0.300. The lowest BCUT2D eigenvalue weighted by Gasteiger charge is -2.09. The van der Waals surface area contributed by atoms with Crippen molar-refractivity contribution in [3.8, 4) is 11.8 Å². The van der Waals surface area contributed by atoms with Gasteiger partial charge in [0.05, 0.1) is 12.2 Å². The molecular formula is C10H8F2N2O3. The van der Waals surface area contributed by atoms with Crippen molar-refractivity contribution in [2.75, 3.05) is 6.61 Å². The lowest BCUT2D eigenvalue weighted by Crippen LogP contribution is -2.10. The third kappa shape index (κ3) is 2.47. The van der Waals surface area contributed by atoms with Crippen molar-refractivity contribution < 1.29 is 23.4 Å². The maximum Gasteiger partial charge on any atom is 0.342 e. The predicted molar refractivity (Wildman–Crippen MR) is 51.5 cm³/mol. The van der Waals surface area contributed by atoms with E-state index in [0.29, 0.717) is 6.20 Å². The number of halogens is 2. The second-order valence-electron chi connectivity index (χ2n) is 2.92. The largest absolute Gasteiger partial charge is 0.504 e. The molecule has 1 aromatic heterocycles. The molecule has 0 saturated heterocycles. The van der Waals surface area contributed by atoms with Gasteiger partial charge in [0.15, 0.2) is 11.4 Å². The molecule has 1 N–H and O–H groups in total. The first-order valence-corrected chi connectivity index (χ1v) is 4.60. The summed E-state index contributed by atoms with van der Waals surface area (Å²) in [6.07, 6.45) is -2.32. The van der Waals surface area contributed by atoms with Gasteiger partial charge >= 0.3 is 5.97 Å². The smallest absolute Gasteiger partial charge is 0.342 e. The lowest BCUT2D eigenvalue weighted by molar-refractivity contribution is 0.0511. The van der Waals surface area contributed by atoms with Gasteiger partial charge in [0.1, 0.15) is 11.6 Å². The Balaban J connectivity index is 3.41. The number of carbonyl (C=O) groups is 1. The summed E-state index contributed by atoms with van der Waals surface area (Å²) >= 11 is 0. The number of nitriles is 1. The molecular weight excluding hydrogens is 234 g/mol. The summed E-state index contributed by atoms with van der Waals surface area (Å²) < 4.78 is 29.7. The van der Waals surface area contributed by atoms with Crippen LogP contribution >= 0.6 is 0 Å². The van der Waals surface area contributed by atoms with Crippen molar-refractivity contribution in [3.63, 3.8) is 0 Å². The van der Waals surface area contributed by atoms with Gasteiger partial charge in [-0.25, -0.2) is 18.6 Å². The Labute approximate surface area is 95.3 Å². The second kappa shape index (κ2) is 5.21. The summed E-state index contributed by atoms with van der Waals surface area (Å²) in [5.41, 5.74) is -1.98. The molecule has 0 fully saturated rings. The molecule has 0 saturated carbocycles. The monoisotopic (exact) mass is 242 g/mol. The number of rotatable bonds is 3. The zero-order valence-corrected chi connectivity index (χ0v) is 8.78. The van der Waals surface area contributed by atoms with E-state index in [2.05, 4.69) is 9.72 Å². The molecule has 0 atom stereocenters. The van der Waals surface area contributed by atoms with Gasteiger partial charge in [-0.1, -0.05) is 0 Å². The first-order chi connectivity index (χ1) is 8.02. The fourth-order valence-corrected chi connectivity index (χ4v) is 1.18. The minimum Gasteiger partial charge on any atom is -0.504 e. The number of ether oxygens (including phenoxy) is 1. The molecule has 0 aliphatic rings. The predicted octanol–water partition coefficient (Wildman–Crippen LogP) is 1.77. The van der Waals surface area contributed by atoms with Crippen LogP contribution in [-0.4, -0.2) is 22.7 Å². The van der Waals surface area contributed by atoms with Crippen molar-refractivity contribution >= 4 is 5.97 Å². The number of hydrogen-bond acceptors (Lipinski definition) is 5. The van der Waals surface area contributed by atoms with Crippen LogP contribution in [0.2, 0.25) is 0 Å². The summed E-state index contributed by atoms with van der Waals surface area (Å²) in [6, 6.07) is 1.48. The standard InChI is InChI=1S/C10H8F2N2O3/c1-2-17-10(16)7-5(9(11)12)4-14-6(3-13)8(7)15/h4,9,15H,2H2,1H3. The summed E-state index contributed by atoms with van der Waals surface area (Å²) in [7, 11) is 0. The average molecular weight is 242 g/mol. The zero-order chi connectivity index (χ0) is 13.0. The minimum atomic E-state index is -3.00. The van der Waals surface area contributed by atoms with Crippen LogP contribution in [0.25, 0.3) is 0 Å². The van der Waals surface area contributed by atoms with Gasteiger partial charge < -0.3 is 9.84 Å². The number of aromatic hydroxyl groups is 1. The molecule has 0 aliphatic heterocycles. The molecule has 1 rings (SSSR count). The van der Waals surface area contributed by atoms with E-state index in [-0.39, 0.29) is 6.61 Å². The van der Waals surface area contributed by atoms with Crippen LogP contribution in [0.1, 0.15) is 35.0 Å². The normalized spacial score (nSPS) is 10.1. The van der Waals surface area contributed by atoms with Gasteiger partial charge in [-0.05, 0) is 6.92 Å². The van der Waals surface area contributed by atoms with Gasteiger partial charge in [0.2, 0.25) is 0 Å². The van der Waals surface area contributed by atoms with Crippen LogP contribution in [0, 0.1) is 11.3 Å². The van der Waals surface area contributed by atoms with E-state index in [0.717, 1.165) is 0 Å². The average Bonchev–Trinajstić information content (AvgIpc) is 2.28. The third-order valence-electron chi connectivity index (χ3n) is 1.90. The van der Waals surface area contributed by atoms with E-state index in [1.807, 2.05) is 0 Å². The van der Waals surface area contributed by atoms with Gasteiger partial charge in [-0.15, -0.1) is 0 Å². The van der Waals surface area contributed by atoms with Gasteiger partial charge in [-0.2, -0.15) is 5.26 Å². The van der Waals surface area contributed by atoms with E-state index in [1.165, 1.54) is 13.0 Å². The summed E-state index contributed by atoms with van der Waals surface area (Å²) in [5, 5.41) is 18.1. The van der Waals surface area contributed by atoms with Gasteiger partial charge in [0, 0.05) is 6.20 Å². The Kier molecular flexibility index (Phi) is 3.93. The molecule has 17 heavy (non-hydrogen) atoms. The Morgan fingerprint density at radius 1 is 1.71 bits per heavy atom. The molecule has 0 unspecified atom stereocenters. The highest BCUT2D eigenvalue weighted by atomic mass is 19.3. The Morgan fingerprint density at radius 2 is 2.35 bits per heavy atom. The molecule has 1 heterocycles. The third-order valence-corrected chi connectivity index (χ3v) is 1.90. The first kappa shape index (κ1) is 12.8. The van der Waals surface area contributed by atoms with Crippen molar-refractivity contribution in [3.05, 3.63) is 23.0 Å². The number of esters is 1. The molecule has 0 spiro atoms. The number of pyridine rings is 1. The van der Waals surface area contributed by atoms with Gasteiger partial charge in [0.25, 0.3) is 6.43 Å². The lowest BCUT2D eigenvalue weighted by atomic mass is 10.1. The summed E-state index contributed by atoms with van der Waals surface area (Å²) in [5.74, 6) is -2.00. The SMILES string of the molecule is CCOC(=O)c1c(C(F)F)cnc(C#N)c1O. The highest BCUT2D eigenvalue weighted by Gasteiger charge is 2.26. The maximum absolute atomic E-state index is 12.6. The van der Waals surface area contributed by atoms with Gasteiger partial charge in [-0.3, -0.25) is 0 Å². The number of hydrogen-bond donors (Lipinski definition) is 1. The first-order valence-electron chi connectivity index (χ1n) is 4.60. The molecule has 7 heteroatoms. The highest BCUT2D eigenvalue weighted by Crippen LogP contribution is 2.30. The molecule has 5 nitrogen and oxygen atoms in total. The molecule has 0 amide bonds. The van der Waals surface area contributed by atoms with Crippen LogP contribution in [0.3, 0.4) is 0 Å². The van der Waals surface area contributed by atoms with Crippen molar-refractivity contribution in [2.45, 2.75) is 13.3 Å². The molecule has 0 aliphatic carbocycles. The van der Waals surface area contributed by atoms with Crippen LogP contribution in [0.4, 0.5) is 8.78 Å². The maximum atomic E-state index is 12.6. The van der Waals surface area contributed by atoms with Crippen LogP contribution in [0.5, 0.6) is 5.75 Å². The molecule has 0 radical (unpaired) electrons. The Bertz CT molecular complexity index is 483. The van der Waals surface area contributed by atoms with Crippen LogP contribution in [-0.2, 0) is 4.74 Å². The number of carbonyl (C=O) groups excluding carboxylic acids is 1. The second-order valence-corrected chi connectivity index (χ2v) is 2.92.